The van der Waals surface area contributed by atoms with Crippen LogP contribution in [0.1, 0.15) is 66.2 Å². The molecule has 138 valence electrons. The first-order valence-electron chi connectivity index (χ1n) is 9.82. The Morgan fingerprint density at radius 2 is 1.42 bits per heavy atom. The minimum Gasteiger partial charge on any atom is -0.317 e. The van der Waals surface area contributed by atoms with E-state index >= 15 is 0 Å². The fourth-order valence-corrected chi connectivity index (χ4v) is 3.62. The van der Waals surface area contributed by atoms with Crippen molar-refractivity contribution in [1.29, 1.82) is 0 Å². The third-order valence-electron chi connectivity index (χ3n) is 5.05. The first kappa shape index (κ1) is 18.6. The number of nitrogens with zero attached hydrogens (tertiary/aromatic N) is 1. The lowest BCUT2D eigenvalue weighted by Gasteiger charge is -2.27. The lowest BCUT2D eigenvalue weighted by Crippen LogP contribution is -2.41. The van der Waals surface area contributed by atoms with Gasteiger partial charge in [0.2, 0.25) is 0 Å². The summed E-state index contributed by atoms with van der Waals surface area (Å²) in [6.45, 7) is 4.52. The van der Waals surface area contributed by atoms with Gasteiger partial charge in [-0.25, -0.2) is 0 Å². The van der Waals surface area contributed by atoms with E-state index in [2.05, 4.69) is 12.2 Å². The van der Waals surface area contributed by atoms with Gasteiger partial charge >= 0.3 is 0 Å². The van der Waals surface area contributed by atoms with Gasteiger partial charge in [0.1, 0.15) is 0 Å². The predicted molar refractivity (Wildman–Crippen MR) is 106 cm³/mol. The maximum Gasteiger partial charge on any atom is 0.261 e. The topological polar surface area (TPSA) is 49.4 Å². The molecule has 1 aliphatic heterocycles. The van der Waals surface area contributed by atoms with Crippen LogP contribution in [0.25, 0.3) is 10.8 Å². The summed E-state index contributed by atoms with van der Waals surface area (Å²) in [6, 6.07) is 11.3. The maximum absolute atomic E-state index is 12.8. The number of nitrogens with one attached hydrogen (secondary N) is 1. The van der Waals surface area contributed by atoms with E-state index in [1.54, 1.807) is 0 Å². The van der Waals surface area contributed by atoms with Crippen LogP contribution < -0.4 is 5.32 Å². The monoisotopic (exact) mass is 352 g/mol. The van der Waals surface area contributed by atoms with Crippen molar-refractivity contribution in [2.75, 3.05) is 19.6 Å². The Morgan fingerprint density at radius 3 is 2.08 bits per heavy atom. The first-order chi connectivity index (χ1) is 12.7. The normalized spacial score (nSPS) is 13.7. The molecule has 4 nitrogen and oxygen atoms in total. The van der Waals surface area contributed by atoms with Crippen molar-refractivity contribution in [3.63, 3.8) is 0 Å². The Kier molecular flexibility index (Phi) is 6.40. The van der Waals surface area contributed by atoms with Gasteiger partial charge in [-0.15, -0.1) is 0 Å². The van der Waals surface area contributed by atoms with E-state index in [0.29, 0.717) is 17.7 Å². The molecule has 2 aromatic carbocycles. The van der Waals surface area contributed by atoms with E-state index in [1.807, 2.05) is 36.4 Å². The molecule has 0 fully saturated rings. The number of hydrogen-bond donors (Lipinski definition) is 1. The Morgan fingerprint density at radius 1 is 0.808 bits per heavy atom. The standard InChI is InChI=1S/C22H28N2O2/c1-2-3-4-5-6-14-23-15-9-16-24-21(25)18-12-7-10-17-11-8-13-19(20(17)18)22(24)26/h7-8,10-13,23H,2-6,9,14-16H2,1H3. The van der Waals surface area contributed by atoms with Crippen molar-refractivity contribution in [3.05, 3.63) is 47.5 Å². The van der Waals surface area contributed by atoms with E-state index in [-0.39, 0.29) is 11.8 Å². The van der Waals surface area contributed by atoms with Gasteiger partial charge in [0.05, 0.1) is 0 Å². The SMILES string of the molecule is CCCCCCCNCCCN1C(=O)c2cccc3cccc(c23)C1=O. The van der Waals surface area contributed by atoms with E-state index in [1.165, 1.54) is 37.0 Å². The summed E-state index contributed by atoms with van der Waals surface area (Å²) in [5.41, 5.74) is 1.28. The van der Waals surface area contributed by atoms with Crippen molar-refractivity contribution in [1.82, 2.24) is 10.2 Å². The maximum atomic E-state index is 12.8. The summed E-state index contributed by atoms with van der Waals surface area (Å²) in [5, 5.41) is 5.17. The molecule has 3 rings (SSSR count). The molecule has 0 saturated carbocycles. The average molecular weight is 352 g/mol. The number of unbranched alkanes of at least 4 members (excludes halogenated alkanes) is 4. The molecule has 0 radical (unpaired) electrons. The predicted octanol–water partition coefficient (Wildman–Crippen LogP) is 4.39. The fraction of sp³-hybridized carbons (Fsp3) is 0.455. The highest BCUT2D eigenvalue weighted by atomic mass is 16.2. The van der Waals surface area contributed by atoms with Crippen LogP contribution in [-0.2, 0) is 0 Å². The Hall–Kier alpha value is -2.20. The van der Waals surface area contributed by atoms with Gasteiger partial charge in [0, 0.05) is 23.1 Å². The fourth-order valence-electron chi connectivity index (χ4n) is 3.62. The van der Waals surface area contributed by atoms with E-state index in [9.17, 15) is 9.59 Å². The number of amides is 2. The Balaban J connectivity index is 1.53. The molecule has 0 bridgehead atoms. The number of imide groups is 1. The zero-order valence-corrected chi connectivity index (χ0v) is 15.6. The second kappa shape index (κ2) is 8.95. The number of carbonyl (C=O) groups is 2. The summed E-state index contributed by atoms with van der Waals surface area (Å²) in [6.07, 6.45) is 7.13. The van der Waals surface area contributed by atoms with Crippen LogP contribution >= 0.6 is 0 Å². The summed E-state index contributed by atoms with van der Waals surface area (Å²) in [5.74, 6) is -0.335. The van der Waals surface area contributed by atoms with Gasteiger partial charge in [0.25, 0.3) is 11.8 Å². The molecular weight excluding hydrogens is 324 g/mol. The lowest BCUT2D eigenvalue weighted by atomic mass is 9.94. The van der Waals surface area contributed by atoms with Crippen molar-refractivity contribution < 1.29 is 9.59 Å². The first-order valence-corrected chi connectivity index (χ1v) is 9.82. The molecule has 2 aromatic rings. The average Bonchev–Trinajstić information content (AvgIpc) is 2.67. The van der Waals surface area contributed by atoms with Crippen LogP contribution in [0.2, 0.25) is 0 Å². The minimum absolute atomic E-state index is 0.168. The summed E-state index contributed by atoms with van der Waals surface area (Å²) >= 11 is 0. The third kappa shape index (κ3) is 3.96. The quantitative estimate of drug-likeness (QED) is 0.510. The van der Waals surface area contributed by atoms with Crippen LogP contribution in [-0.4, -0.2) is 36.3 Å². The summed E-state index contributed by atoms with van der Waals surface area (Å²) < 4.78 is 0. The van der Waals surface area contributed by atoms with Gasteiger partial charge in [0.15, 0.2) is 0 Å². The second-order valence-electron chi connectivity index (χ2n) is 6.99. The van der Waals surface area contributed by atoms with Gasteiger partial charge in [-0.2, -0.15) is 0 Å². The van der Waals surface area contributed by atoms with Crippen molar-refractivity contribution >= 4 is 22.6 Å². The zero-order chi connectivity index (χ0) is 18.4. The van der Waals surface area contributed by atoms with Crippen molar-refractivity contribution in [2.45, 2.75) is 45.4 Å². The molecule has 1 N–H and O–H groups in total. The van der Waals surface area contributed by atoms with Gasteiger partial charge in [-0.05, 0) is 43.5 Å². The molecule has 0 aromatic heterocycles. The number of carbonyl (C=O) groups excluding carboxylic acids is 2. The third-order valence-corrected chi connectivity index (χ3v) is 5.05. The highest BCUT2D eigenvalue weighted by molar-refractivity contribution is 6.25. The molecule has 1 heterocycles. The Labute approximate surface area is 155 Å². The van der Waals surface area contributed by atoms with Gasteiger partial charge in [-0.3, -0.25) is 14.5 Å². The van der Waals surface area contributed by atoms with Crippen LogP contribution in [0, 0.1) is 0 Å². The van der Waals surface area contributed by atoms with E-state index in [4.69, 9.17) is 0 Å². The largest absolute Gasteiger partial charge is 0.317 e. The molecule has 26 heavy (non-hydrogen) atoms. The number of rotatable bonds is 10. The van der Waals surface area contributed by atoms with E-state index in [0.717, 1.165) is 30.3 Å². The smallest absolute Gasteiger partial charge is 0.261 e. The van der Waals surface area contributed by atoms with Gasteiger partial charge < -0.3 is 5.32 Å². The minimum atomic E-state index is -0.168. The van der Waals surface area contributed by atoms with Crippen LogP contribution in [0.3, 0.4) is 0 Å². The lowest BCUT2D eigenvalue weighted by molar-refractivity contribution is 0.0609. The molecule has 0 unspecified atom stereocenters. The number of hydrogen-bond acceptors (Lipinski definition) is 3. The highest BCUT2D eigenvalue weighted by Gasteiger charge is 2.31. The Bertz CT molecular complexity index is 734. The van der Waals surface area contributed by atoms with Crippen LogP contribution in [0.4, 0.5) is 0 Å². The molecule has 0 spiro atoms. The summed E-state index contributed by atoms with van der Waals surface area (Å²) in [7, 11) is 0. The molecule has 0 aliphatic carbocycles. The van der Waals surface area contributed by atoms with Gasteiger partial charge in [-0.1, -0.05) is 56.9 Å². The molecule has 0 atom stereocenters. The molecular formula is C22H28N2O2. The highest BCUT2D eigenvalue weighted by Crippen LogP contribution is 2.29. The number of benzene rings is 2. The van der Waals surface area contributed by atoms with E-state index < -0.39 is 0 Å². The van der Waals surface area contributed by atoms with Crippen molar-refractivity contribution in [3.8, 4) is 0 Å². The summed E-state index contributed by atoms with van der Waals surface area (Å²) in [4.78, 5) is 26.9. The van der Waals surface area contributed by atoms with Crippen LogP contribution in [0.15, 0.2) is 36.4 Å². The molecule has 1 aliphatic rings. The zero-order valence-electron chi connectivity index (χ0n) is 15.6. The second-order valence-corrected chi connectivity index (χ2v) is 6.99. The van der Waals surface area contributed by atoms with Crippen LogP contribution in [0.5, 0.6) is 0 Å². The molecule has 2 amide bonds. The molecule has 4 heteroatoms. The van der Waals surface area contributed by atoms with Crippen molar-refractivity contribution in [2.24, 2.45) is 0 Å². The molecule has 0 saturated heterocycles.